The first kappa shape index (κ1) is 13.1. The molecule has 3 rings (SSSR count). The molecule has 0 saturated heterocycles. The van der Waals surface area contributed by atoms with Crippen LogP contribution in [0.4, 0.5) is 0 Å². The minimum absolute atomic E-state index is 0.0345. The van der Waals surface area contributed by atoms with E-state index in [1.54, 1.807) is 11.3 Å². The lowest BCUT2D eigenvalue weighted by atomic mass is 10.0. The maximum absolute atomic E-state index is 12.4. The number of hydrogen-bond acceptors (Lipinski definition) is 2. The van der Waals surface area contributed by atoms with Crippen LogP contribution < -0.4 is 5.32 Å². The summed E-state index contributed by atoms with van der Waals surface area (Å²) in [5, 5.41) is 5.24. The standard InChI is InChI=1S/C15H16BrNOS/c16-10-15(7-3-4-8-15)17-14(18)13-9-11-5-1-2-6-12(11)19-13/h1-2,5-6,9H,3-4,7-8,10H2,(H,17,18). The van der Waals surface area contributed by atoms with E-state index in [2.05, 4.69) is 33.4 Å². The van der Waals surface area contributed by atoms with E-state index in [1.165, 1.54) is 17.5 Å². The molecular formula is C15H16BrNOS. The van der Waals surface area contributed by atoms with Crippen molar-refractivity contribution in [3.63, 3.8) is 0 Å². The van der Waals surface area contributed by atoms with Crippen molar-refractivity contribution in [3.8, 4) is 0 Å². The van der Waals surface area contributed by atoms with Gasteiger partial charge in [0.25, 0.3) is 5.91 Å². The predicted molar refractivity (Wildman–Crippen MR) is 84.3 cm³/mol. The van der Waals surface area contributed by atoms with Crippen LogP contribution in [0.2, 0.25) is 0 Å². The highest BCUT2D eigenvalue weighted by atomic mass is 79.9. The molecule has 2 nitrogen and oxygen atoms in total. The second-order valence-corrected chi connectivity index (χ2v) is 6.87. The molecule has 2 aromatic rings. The van der Waals surface area contributed by atoms with E-state index < -0.39 is 0 Å². The summed E-state index contributed by atoms with van der Waals surface area (Å²) in [6, 6.07) is 10.1. The number of hydrogen-bond donors (Lipinski definition) is 1. The van der Waals surface area contributed by atoms with Gasteiger partial charge in [-0.2, -0.15) is 0 Å². The first-order valence-corrected chi connectivity index (χ1v) is 8.53. The maximum Gasteiger partial charge on any atom is 0.261 e. The van der Waals surface area contributed by atoms with Crippen molar-refractivity contribution < 1.29 is 4.79 Å². The topological polar surface area (TPSA) is 29.1 Å². The summed E-state index contributed by atoms with van der Waals surface area (Å²) in [6.45, 7) is 0. The summed E-state index contributed by atoms with van der Waals surface area (Å²) in [5.41, 5.74) is -0.0345. The maximum atomic E-state index is 12.4. The van der Waals surface area contributed by atoms with Crippen molar-refractivity contribution in [3.05, 3.63) is 35.2 Å². The van der Waals surface area contributed by atoms with Crippen LogP contribution in [0.25, 0.3) is 10.1 Å². The second-order valence-electron chi connectivity index (χ2n) is 5.22. The lowest BCUT2D eigenvalue weighted by Crippen LogP contribution is -2.47. The zero-order valence-corrected chi connectivity index (χ0v) is 13.0. The Labute approximate surface area is 125 Å². The summed E-state index contributed by atoms with van der Waals surface area (Å²) in [4.78, 5) is 13.2. The number of carbonyl (C=O) groups is 1. The Morgan fingerprint density at radius 1 is 1.32 bits per heavy atom. The first-order valence-electron chi connectivity index (χ1n) is 6.59. The van der Waals surface area contributed by atoms with Crippen molar-refractivity contribution >= 4 is 43.3 Å². The zero-order chi connectivity index (χ0) is 13.3. The fourth-order valence-electron chi connectivity index (χ4n) is 2.74. The van der Waals surface area contributed by atoms with Crippen LogP contribution in [0, 0.1) is 0 Å². The van der Waals surface area contributed by atoms with Gasteiger partial charge in [0.1, 0.15) is 0 Å². The van der Waals surface area contributed by atoms with Gasteiger partial charge in [-0.05, 0) is 30.4 Å². The summed E-state index contributed by atoms with van der Waals surface area (Å²) >= 11 is 5.13. The van der Waals surface area contributed by atoms with Crippen molar-refractivity contribution in [1.29, 1.82) is 0 Å². The Morgan fingerprint density at radius 2 is 2.05 bits per heavy atom. The number of nitrogens with one attached hydrogen (secondary N) is 1. The molecule has 100 valence electrons. The number of fused-ring (bicyclic) bond motifs is 1. The summed E-state index contributed by atoms with van der Waals surface area (Å²) in [5.74, 6) is 0.0718. The van der Waals surface area contributed by atoms with Crippen LogP contribution in [0.5, 0.6) is 0 Å². The SMILES string of the molecule is O=C(NC1(CBr)CCCC1)c1cc2ccccc2s1. The monoisotopic (exact) mass is 337 g/mol. The zero-order valence-electron chi connectivity index (χ0n) is 10.6. The van der Waals surface area contributed by atoms with Gasteiger partial charge >= 0.3 is 0 Å². The smallest absolute Gasteiger partial charge is 0.261 e. The molecular weight excluding hydrogens is 322 g/mol. The molecule has 0 atom stereocenters. The summed E-state index contributed by atoms with van der Waals surface area (Å²) < 4.78 is 1.17. The quantitative estimate of drug-likeness (QED) is 0.829. The molecule has 1 amide bonds. The van der Waals surface area contributed by atoms with Gasteiger partial charge in [0, 0.05) is 10.0 Å². The van der Waals surface area contributed by atoms with E-state index in [0.29, 0.717) is 0 Å². The van der Waals surface area contributed by atoms with Crippen molar-refractivity contribution in [2.75, 3.05) is 5.33 Å². The van der Waals surface area contributed by atoms with Gasteiger partial charge in [-0.3, -0.25) is 4.79 Å². The fraction of sp³-hybridized carbons (Fsp3) is 0.400. The lowest BCUT2D eigenvalue weighted by Gasteiger charge is -2.27. The molecule has 1 N–H and O–H groups in total. The molecule has 1 aromatic carbocycles. The molecule has 0 bridgehead atoms. The average Bonchev–Trinajstić information content (AvgIpc) is 3.05. The molecule has 0 aliphatic heterocycles. The molecule has 4 heteroatoms. The van der Waals surface area contributed by atoms with Crippen molar-refractivity contribution in [1.82, 2.24) is 5.32 Å². The van der Waals surface area contributed by atoms with Crippen molar-refractivity contribution in [2.24, 2.45) is 0 Å². The Morgan fingerprint density at radius 3 is 2.74 bits per heavy atom. The van der Waals surface area contributed by atoms with Crippen LogP contribution in [0.15, 0.2) is 30.3 Å². The van der Waals surface area contributed by atoms with E-state index in [1.807, 2.05) is 18.2 Å². The number of thiophene rings is 1. The third kappa shape index (κ3) is 2.56. The van der Waals surface area contributed by atoms with Crippen LogP contribution in [0.1, 0.15) is 35.4 Å². The Kier molecular flexibility index (Phi) is 3.63. The molecule has 1 aliphatic rings. The highest BCUT2D eigenvalue weighted by molar-refractivity contribution is 9.09. The Balaban J connectivity index is 1.83. The number of amides is 1. The summed E-state index contributed by atoms with van der Waals surface area (Å²) in [7, 11) is 0. The minimum Gasteiger partial charge on any atom is -0.345 e. The number of carbonyl (C=O) groups excluding carboxylic acids is 1. The number of halogens is 1. The number of benzene rings is 1. The van der Waals surface area contributed by atoms with Crippen LogP contribution >= 0.6 is 27.3 Å². The second kappa shape index (κ2) is 5.25. The normalized spacial score (nSPS) is 17.7. The molecule has 1 aromatic heterocycles. The van der Waals surface area contributed by atoms with E-state index >= 15 is 0 Å². The highest BCUT2D eigenvalue weighted by Crippen LogP contribution is 2.32. The lowest BCUT2D eigenvalue weighted by molar-refractivity contribution is 0.0914. The molecule has 0 unspecified atom stereocenters. The van der Waals surface area contributed by atoms with E-state index in [-0.39, 0.29) is 11.4 Å². The fourth-order valence-corrected chi connectivity index (χ4v) is 4.40. The van der Waals surface area contributed by atoms with Crippen LogP contribution in [0.3, 0.4) is 0 Å². The van der Waals surface area contributed by atoms with Crippen LogP contribution in [-0.4, -0.2) is 16.8 Å². The van der Waals surface area contributed by atoms with Gasteiger partial charge in [0.2, 0.25) is 0 Å². The number of alkyl halides is 1. The van der Waals surface area contributed by atoms with Gasteiger partial charge in [-0.1, -0.05) is 47.0 Å². The van der Waals surface area contributed by atoms with E-state index in [9.17, 15) is 4.79 Å². The molecule has 1 aliphatic carbocycles. The van der Waals surface area contributed by atoms with Gasteiger partial charge in [-0.25, -0.2) is 0 Å². The predicted octanol–water partition coefficient (Wildman–Crippen LogP) is 4.34. The van der Waals surface area contributed by atoms with Gasteiger partial charge in [0.05, 0.1) is 10.4 Å². The number of rotatable bonds is 3. The van der Waals surface area contributed by atoms with Gasteiger partial charge < -0.3 is 5.32 Å². The van der Waals surface area contributed by atoms with Gasteiger partial charge in [-0.15, -0.1) is 11.3 Å². The first-order chi connectivity index (χ1) is 9.22. The van der Waals surface area contributed by atoms with E-state index in [0.717, 1.165) is 28.4 Å². The highest BCUT2D eigenvalue weighted by Gasteiger charge is 2.34. The minimum atomic E-state index is -0.0345. The third-order valence-electron chi connectivity index (χ3n) is 3.84. The molecule has 0 radical (unpaired) electrons. The third-order valence-corrected chi connectivity index (χ3v) is 6.03. The molecule has 1 saturated carbocycles. The molecule has 0 spiro atoms. The largest absolute Gasteiger partial charge is 0.345 e. The van der Waals surface area contributed by atoms with Gasteiger partial charge in [0.15, 0.2) is 0 Å². The van der Waals surface area contributed by atoms with Crippen molar-refractivity contribution in [2.45, 2.75) is 31.2 Å². The van der Waals surface area contributed by atoms with E-state index in [4.69, 9.17) is 0 Å². The Hall–Kier alpha value is -0.870. The Bertz CT molecular complexity index is 568. The molecule has 1 fully saturated rings. The molecule has 1 heterocycles. The molecule has 19 heavy (non-hydrogen) atoms. The van der Waals surface area contributed by atoms with Crippen LogP contribution in [-0.2, 0) is 0 Å². The average molecular weight is 338 g/mol. The summed E-state index contributed by atoms with van der Waals surface area (Å²) in [6.07, 6.45) is 4.57.